The third kappa shape index (κ3) is 6.13. The zero-order chi connectivity index (χ0) is 43.0. The minimum absolute atomic E-state index is 0.123. The monoisotopic (exact) mass is 810 g/mol. The van der Waals surface area contributed by atoms with E-state index in [4.69, 9.17) is 0 Å². The summed E-state index contributed by atoms with van der Waals surface area (Å²) in [4.78, 5) is 0. The van der Waals surface area contributed by atoms with Crippen molar-refractivity contribution in [3.05, 3.63) is 191 Å². The molecule has 0 fully saturated rings. The van der Waals surface area contributed by atoms with Gasteiger partial charge in [0, 0.05) is 21.5 Å². The molecule has 0 atom stereocenters. The van der Waals surface area contributed by atoms with Crippen molar-refractivity contribution < 1.29 is 13.2 Å². The lowest BCUT2D eigenvalue weighted by molar-refractivity contribution is -0.137. The van der Waals surface area contributed by atoms with Crippen molar-refractivity contribution in [1.82, 2.24) is 9.13 Å². The maximum absolute atomic E-state index is 14.0. The standard InChI is InChI=1S/C55H37F3N4/c1-32-13-18-41(34(3)23-32)36-15-21-51-46(26-36)44-9-5-7-11-49(44)61(51)53-28-38(43-20-17-40(55(56,57)58)25-39(43)30-59)29-54(48(53)31-60)62-50-12-8-6-10-45(50)47-27-37(16-22-52(47)62)42-19-14-33(2)24-35(42)4/h5-29H,1-4H3. The number of para-hydroxylation sites is 2. The van der Waals surface area contributed by atoms with Gasteiger partial charge in [-0.05, 0) is 133 Å². The van der Waals surface area contributed by atoms with Crippen LogP contribution >= 0.6 is 0 Å². The molecule has 298 valence electrons. The van der Waals surface area contributed by atoms with Gasteiger partial charge < -0.3 is 9.13 Å². The average molecular weight is 811 g/mol. The fourth-order valence-electron chi connectivity index (χ4n) is 9.37. The lowest BCUT2D eigenvalue weighted by Crippen LogP contribution is -2.07. The van der Waals surface area contributed by atoms with E-state index in [1.165, 1.54) is 17.2 Å². The molecule has 0 radical (unpaired) electrons. The Morgan fingerprint density at radius 3 is 1.35 bits per heavy atom. The van der Waals surface area contributed by atoms with Crippen LogP contribution in [0.15, 0.2) is 152 Å². The van der Waals surface area contributed by atoms with Gasteiger partial charge in [-0.3, -0.25) is 0 Å². The van der Waals surface area contributed by atoms with Crippen LogP contribution in [0.2, 0.25) is 0 Å². The van der Waals surface area contributed by atoms with E-state index in [-0.39, 0.29) is 5.56 Å². The number of halogens is 3. The van der Waals surface area contributed by atoms with Gasteiger partial charge in [0.25, 0.3) is 0 Å². The summed E-state index contributed by atoms with van der Waals surface area (Å²) in [6.45, 7) is 8.38. The lowest BCUT2D eigenvalue weighted by Gasteiger charge is -2.19. The summed E-state index contributed by atoms with van der Waals surface area (Å²) in [5.74, 6) is 0. The molecule has 0 aliphatic heterocycles. The van der Waals surface area contributed by atoms with E-state index in [9.17, 15) is 23.7 Å². The first-order valence-corrected chi connectivity index (χ1v) is 20.4. The molecule has 2 aromatic heterocycles. The summed E-state index contributed by atoms with van der Waals surface area (Å²) >= 11 is 0. The number of aryl methyl sites for hydroxylation is 4. The van der Waals surface area contributed by atoms with Gasteiger partial charge in [-0.15, -0.1) is 0 Å². The molecule has 0 spiro atoms. The molecule has 0 saturated carbocycles. The Labute approximate surface area is 356 Å². The lowest BCUT2D eigenvalue weighted by atomic mass is 9.95. The van der Waals surface area contributed by atoms with Crippen molar-refractivity contribution in [1.29, 1.82) is 10.5 Å². The highest BCUT2D eigenvalue weighted by Crippen LogP contribution is 2.43. The molecule has 8 aromatic carbocycles. The minimum atomic E-state index is -4.64. The molecule has 0 unspecified atom stereocenters. The second-order valence-corrected chi connectivity index (χ2v) is 16.2. The topological polar surface area (TPSA) is 57.4 Å². The van der Waals surface area contributed by atoms with Crippen LogP contribution in [0.4, 0.5) is 13.2 Å². The van der Waals surface area contributed by atoms with Crippen molar-refractivity contribution in [2.24, 2.45) is 0 Å². The molecule has 0 aliphatic rings. The predicted molar refractivity (Wildman–Crippen MR) is 245 cm³/mol. The quantitative estimate of drug-likeness (QED) is 0.174. The number of nitriles is 2. The Bertz CT molecular complexity index is 3400. The van der Waals surface area contributed by atoms with E-state index >= 15 is 0 Å². The maximum Gasteiger partial charge on any atom is 0.416 e. The van der Waals surface area contributed by atoms with Gasteiger partial charge in [0.2, 0.25) is 0 Å². The van der Waals surface area contributed by atoms with E-state index in [0.717, 1.165) is 89.1 Å². The van der Waals surface area contributed by atoms with Gasteiger partial charge in [0.05, 0.1) is 50.6 Å². The number of alkyl halides is 3. The molecule has 10 rings (SSSR count). The first kappa shape index (κ1) is 38.3. The normalized spacial score (nSPS) is 11.8. The summed E-state index contributed by atoms with van der Waals surface area (Å²) in [7, 11) is 0. The van der Waals surface area contributed by atoms with Crippen LogP contribution in [-0.4, -0.2) is 9.13 Å². The van der Waals surface area contributed by atoms with Crippen molar-refractivity contribution >= 4 is 43.6 Å². The minimum Gasteiger partial charge on any atom is -0.308 e. The molecular formula is C55H37F3N4. The van der Waals surface area contributed by atoms with Crippen LogP contribution in [0.3, 0.4) is 0 Å². The number of hydrogen-bond donors (Lipinski definition) is 0. The second-order valence-electron chi connectivity index (χ2n) is 16.2. The molecule has 10 aromatic rings. The second kappa shape index (κ2) is 14.4. The predicted octanol–water partition coefficient (Wildman–Crippen LogP) is 14.9. The number of hydrogen-bond acceptors (Lipinski definition) is 2. The molecule has 62 heavy (non-hydrogen) atoms. The van der Waals surface area contributed by atoms with Crippen molar-refractivity contribution in [2.45, 2.75) is 33.9 Å². The van der Waals surface area contributed by atoms with E-state index in [2.05, 4.69) is 128 Å². The number of aromatic nitrogens is 2. The first-order valence-electron chi connectivity index (χ1n) is 20.4. The third-order valence-corrected chi connectivity index (χ3v) is 12.2. The number of rotatable bonds is 5. The third-order valence-electron chi connectivity index (χ3n) is 12.2. The molecule has 0 amide bonds. The number of fused-ring (bicyclic) bond motifs is 6. The molecule has 0 bridgehead atoms. The smallest absolute Gasteiger partial charge is 0.308 e. The molecule has 0 aliphatic carbocycles. The fraction of sp³-hybridized carbons (Fsp3) is 0.0909. The maximum atomic E-state index is 14.0. The van der Waals surface area contributed by atoms with Gasteiger partial charge in [0.15, 0.2) is 0 Å². The molecular weight excluding hydrogens is 774 g/mol. The van der Waals surface area contributed by atoms with Gasteiger partial charge >= 0.3 is 6.18 Å². The van der Waals surface area contributed by atoms with Gasteiger partial charge in [0.1, 0.15) is 11.6 Å². The Balaban J connectivity index is 1.31. The highest BCUT2D eigenvalue weighted by Gasteiger charge is 2.32. The summed E-state index contributed by atoms with van der Waals surface area (Å²) < 4.78 is 46.2. The SMILES string of the molecule is Cc1ccc(-c2ccc3c(c2)c2ccccc2n3-c2cc(-c3ccc(C(F)(F)F)cc3C#N)cc(-n3c4ccccc4c4cc(-c5ccc(C)cc5C)ccc43)c2C#N)c(C)c1. The van der Waals surface area contributed by atoms with Crippen LogP contribution in [0, 0.1) is 50.4 Å². The average Bonchev–Trinajstić information content (AvgIpc) is 3.77. The van der Waals surface area contributed by atoms with E-state index in [1.807, 2.05) is 54.6 Å². The Morgan fingerprint density at radius 1 is 0.435 bits per heavy atom. The largest absolute Gasteiger partial charge is 0.416 e. The number of nitrogens with zero attached hydrogens (tertiary/aromatic N) is 4. The first-order chi connectivity index (χ1) is 29.9. The molecule has 7 heteroatoms. The van der Waals surface area contributed by atoms with Crippen LogP contribution in [0.25, 0.3) is 88.4 Å². The summed E-state index contributed by atoms with van der Waals surface area (Å²) in [6, 6.07) is 53.2. The molecule has 4 nitrogen and oxygen atoms in total. The summed E-state index contributed by atoms with van der Waals surface area (Å²) in [5.41, 5.74) is 13.7. The molecule has 2 heterocycles. The van der Waals surface area contributed by atoms with Crippen LogP contribution in [0.1, 0.15) is 38.9 Å². The van der Waals surface area contributed by atoms with Crippen molar-refractivity contribution in [2.75, 3.05) is 0 Å². The van der Waals surface area contributed by atoms with E-state index < -0.39 is 11.7 Å². The van der Waals surface area contributed by atoms with Gasteiger partial charge in [-0.25, -0.2) is 0 Å². The fourth-order valence-corrected chi connectivity index (χ4v) is 9.37. The van der Waals surface area contributed by atoms with Gasteiger partial charge in [-0.2, -0.15) is 23.7 Å². The molecule has 0 N–H and O–H groups in total. The van der Waals surface area contributed by atoms with Crippen molar-refractivity contribution in [3.8, 4) is 56.9 Å². The van der Waals surface area contributed by atoms with Crippen LogP contribution in [0.5, 0.6) is 0 Å². The van der Waals surface area contributed by atoms with Crippen LogP contribution in [-0.2, 0) is 6.18 Å². The Kier molecular flexibility index (Phi) is 8.91. The zero-order valence-electron chi connectivity index (χ0n) is 34.4. The summed E-state index contributed by atoms with van der Waals surface area (Å²) in [6.07, 6.45) is -4.64. The number of benzene rings is 8. The van der Waals surface area contributed by atoms with E-state index in [1.54, 1.807) is 0 Å². The molecule has 0 saturated heterocycles. The highest BCUT2D eigenvalue weighted by atomic mass is 19.4. The van der Waals surface area contributed by atoms with Crippen molar-refractivity contribution in [3.63, 3.8) is 0 Å². The summed E-state index contributed by atoms with van der Waals surface area (Å²) in [5, 5.41) is 25.7. The highest BCUT2D eigenvalue weighted by molar-refractivity contribution is 6.12. The Morgan fingerprint density at radius 2 is 0.903 bits per heavy atom. The Hall–Kier alpha value is -7.87. The van der Waals surface area contributed by atoms with Gasteiger partial charge in [-0.1, -0.05) is 102 Å². The zero-order valence-corrected chi connectivity index (χ0v) is 34.4. The van der Waals surface area contributed by atoms with E-state index in [0.29, 0.717) is 28.1 Å². The van der Waals surface area contributed by atoms with Crippen LogP contribution < -0.4 is 0 Å².